The third kappa shape index (κ3) is 7.79. The Balaban J connectivity index is 0.00000363. The second kappa shape index (κ2) is 13.4. The molecule has 0 spiro atoms. The minimum Gasteiger partial charge on any atom is -0.357 e. The summed E-state index contributed by atoms with van der Waals surface area (Å²) in [5.74, 6) is 1.49. The second-order valence-corrected chi connectivity index (χ2v) is 8.29. The number of nitrogens with zero attached hydrogens (tertiary/aromatic N) is 3. The minimum atomic E-state index is 0. The van der Waals surface area contributed by atoms with Crippen molar-refractivity contribution in [3.05, 3.63) is 47.3 Å². The summed E-state index contributed by atoms with van der Waals surface area (Å²) in [5, 5.41) is 14.2. The summed E-state index contributed by atoms with van der Waals surface area (Å²) >= 11 is 0. The lowest BCUT2D eigenvalue weighted by Crippen LogP contribution is -2.41. The van der Waals surface area contributed by atoms with Crippen LogP contribution in [-0.2, 0) is 11.3 Å². The number of halogens is 1. The van der Waals surface area contributed by atoms with Gasteiger partial charge in [0.15, 0.2) is 5.96 Å². The molecule has 2 aromatic rings. The predicted octanol–water partition coefficient (Wildman–Crippen LogP) is 3.86. The molecular formula is C24H37IN6O. The highest BCUT2D eigenvalue weighted by Crippen LogP contribution is 2.27. The smallest absolute Gasteiger partial charge is 0.220 e. The Hall–Kier alpha value is -2.10. The maximum Gasteiger partial charge on any atom is 0.220 e. The van der Waals surface area contributed by atoms with Crippen molar-refractivity contribution in [1.29, 1.82) is 0 Å². The van der Waals surface area contributed by atoms with Crippen LogP contribution in [0.3, 0.4) is 0 Å². The molecule has 0 saturated heterocycles. The van der Waals surface area contributed by atoms with E-state index in [4.69, 9.17) is 4.99 Å². The number of amides is 1. The first-order valence-electron chi connectivity index (χ1n) is 11.5. The topological polar surface area (TPSA) is 83.3 Å². The fourth-order valence-corrected chi connectivity index (χ4v) is 4.16. The van der Waals surface area contributed by atoms with Gasteiger partial charge >= 0.3 is 0 Å². The van der Waals surface area contributed by atoms with Crippen LogP contribution in [0.25, 0.3) is 5.69 Å². The van der Waals surface area contributed by atoms with Crippen LogP contribution in [0.4, 0.5) is 0 Å². The minimum absolute atomic E-state index is 0. The number of rotatable bonds is 9. The van der Waals surface area contributed by atoms with Crippen LogP contribution in [0.1, 0.15) is 56.0 Å². The number of aromatic nitrogens is 2. The highest BCUT2D eigenvalue weighted by Gasteiger charge is 2.18. The fourth-order valence-electron chi connectivity index (χ4n) is 4.16. The third-order valence-electron chi connectivity index (χ3n) is 5.67. The first-order valence-corrected chi connectivity index (χ1v) is 11.5. The summed E-state index contributed by atoms with van der Waals surface area (Å²) in [6, 6.07) is 10.3. The molecule has 0 aliphatic heterocycles. The molecule has 1 heterocycles. The van der Waals surface area contributed by atoms with Crippen molar-refractivity contribution in [2.24, 2.45) is 10.9 Å². The Bertz CT molecular complexity index is 888. The molecule has 0 radical (unpaired) electrons. The quantitative estimate of drug-likeness (QED) is 0.191. The van der Waals surface area contributed by atoms with Gasteiger partial charge in [-0.3, -0.25) is 4.79 Å². The van der Waals surface area contributed by atoms with Crippen molar-refractivity contribution in [3.63, 3.8) is 0 Å². The molecule has 1 aliphatic rings. The number of benzene rings is 1. The van der Waals surface area contributed by atoms with E-state index in [1.54, 1.807) is 0 Å². The number of aliphatic imine (C=N–C) groups is 1. The standard InChI is InChI=1S/C24H36N6O.HI/c1-4-25-24(27-14-13-26-23(31)16-20-9-5-6-10-20)28-17-21-11-7-8-12-22(21)30-19(3)15-18(2)29-30;/h7-8,11-12,15,20H,4-6,9-10,13-14,16-17H2,1-3H3,(H,26,31)(H2,25,27,28);1H. The Labute approximate surface area is 208 Å². The molecule has 7 nitrogen and oxygen atoms in total. The highest BCUT2D eigenvalue weighted by atomic mass is 127. The normalized spacial score (nSPS) is 14.2. The van der Waals surface area contributed by atoms with Crippen LogP contribution in [-0.4, -0.2) is 41.3 Å². The van der Waals surface area contributed by atoms with Crippen LogP contribution < -0.4 is 16.0 Å². The monoisotopic (exact) mass is 552 g/mol. The number of nitrogens with one attached hydrogen (secondary N) is 3. The Morgan fingerprint density at radius 2 is 1.84 bits per heavy atom. The van der Waals surface area contributed by atoms with E-state index < -0.39 is 0 Å². The van der Waals surface area contributed by atoms with E-state index in [1.165, 1.54) is 25.7 Å². The van der Waals surface area contributed by atoms with E-state index >= 15 is 0 Å². The van der Waals surface area contributed by atoms with Crippen LogP contribution in [0.15, 0.2) is 35.3 Å². The average molecular weight is 553 g/mol. The molecule has 3 N–H and O–H groups in total. The number of para-hydroxylation sites is 1. The lowest BCUT2D eigenvalue weighted by Gasteiger charge is -2.14. The first-order chi connectivity index (χ1) is 15.1. The number of carbonyl (C=O) groups is 1. The van der Waals surface area contributed by atoms with Crippen molar-refractivity contribution in [3.8, 4) is 5.69 Å². The number of hydrogen-bond donors (Lipinski definition) is 3. The van der Waals surface area contributed by atoms with Crippen molar-refractivity contribution in [2.75, 3.05) is 19.6 Å². The van der Waals surface area contributed by atoms with Gasteiger partial charge in [-0.15, -0.1) is 24.0 Å². The first kappa shape index (κ1) is 26.2. The summed E-state index contributed by atoms with van der Waals surface area (Å²) in [6.45, 7) is 8.66. The molecule has 1 aliphatic carbocycles. The van der Waals surface area contributed by atoms with E-state index in [0.717, 1.165) is 35.1 Å². The summed E-state index contributed by atoms with van der Waals surface area (Å²) in [7, 11) is 0. The number of hydrogen-bond acceptors (Lipinski definition) is 3. The van der Waals surface area contributed by atoms with Gasteiger partial charge in [-0.2, -0.15) is 5.10 Å². The Morgan fingerprint density at radius 3 is 2.53 bits per heavy atom. The van der Waals surface area contributed by atoms with Crippen molar-refractivity contribution >= 4 is 35.8 Å². The summed E-state index contributed by atoms with van der Waals surface area (Å²) in [6.07, 6.45) is 5.59. The van der Waals surface area contributed by atoms with Gasteiger partial charge in [0.25, 0.3) is 0 Å². The highest BCUT2D eigenvalue weighted by molar-refractivity contribution is 14.0. The zero-order valence-corrected chi connectivity index (χ0v) is 21.8. The number of guanidine groups is 1. The van der Waals surface area contributed by atoms with E-state index in [2.05, 4.69) is 46.2 Å². The molecule has 1 aromatic heterocycles. The molecule has 1 aromatic carbocycles. The third-order valence-corrected chi connectivity index (χ3v) is 5.67. The molecule has 1 saturated carbocycles. The molecule has 3 rings (SSSR count). The van der Waals surface area contributed by atoms with Crippen molar-refractivity contribution < 1.29 is 4.79 Å². The molecule has 1 amide bonds. The van der Waals surface area contributed by atoms with Gasteiger partial charge in [0.2, 0.25) is 5.91 Å². The second-order valence-electron chi connectivity index (χ2n) is 8.29. The van der Waals surface area contributed by atoms with E-state index in [-0.39, 0.29) is 29.9 Å². The van der Waals surface area contributed by atoms with Gasteiger partial charge in [-0.05, 0) is 57.2 Å². The predicted molar refractivity (Wildman–Crippen MR) is 141 cm³/mol. The summed E-state index contributed by atoms with van der Waals surface area (Å²) < 4.78 is 1.97. The van der Waals surface area contributed by atoms with Crippen LogP contribution in [0, 0.1) is 19.8 Å². The Kier molecular flexibility index (Phi) is 11.0. The maximum atomic E-state index is 12.1. The average Bonchev–Trinajstić information content (AvgIpc) is 3.38. The molecular weight excluding hydrogens is 515 g/mol. The number of carbonyl (C=O) groups excluding carboxylic acids is 1. The van der Waals surface area contributed by atoms with Gasteiger partial charge in [0, 0.05) is 31.7 Å². The van der Waals surface area contributed by atoms with Gasteiger partial charge in [0.05, 0.1) is 17.9 Å². The SMILES string of the molecule is CCNC(=NCc1ccccc1-n1nc(C)cc1C)NCCNC(=O)CC1CCCC1.I. The zero-order valence-electron chi connectivity index (χ0n) is 19.5. The Morgan fingerprint density at radius 1 is 1.12 bits per heavy atom. The lowest BCUT2D eigenvalue weighted by atomic mass is 10.0. The molecule has 8 heteroatoms. The summed E-state index contributed by atoms with van der Waals surface area (Å²) in [5.41, 5.74) is 4.26. The molecule has 1 fully saturated rings. The number of aryl methyl sites for hydroxylation is 2. The van der Waals surface area contributed by atoms with Crippen molar-refractivity contribution in [1.82, 2.24) is 25.7 Å². The van der Waals surface area contributed by atoms with Gasteiger partial charge in [0.1, 0.15) is 0 Å². The lowest BCUT2D eigenvalue weighted by molar-refractivity contribution is -0.121. The molecule has 0 atom stereocenters. The van der Waals surface area contributed by atoms with Gasteiger partial charge in [-0.25, -0.2) is 9.67 Å². The molecule has 0 bridgehead atoms. The van der Waals surface area contributed by atoms with Crippen LogP contribution in [0.2, 0.25) is 0 Å². The van der Waals surface area contributed by atoms with Crippen molar-refractivity contribution in [2.45, 2.75) is 59.4 Å². The van der Waals surface area contributed by atoms with E-state index in [1.807, 2.05) is 30.7 Å². The van der Waals surface area contributed by atoms with E-state index in [0.29, 0.717) is 32.0 Å². The van der Waals surface area contributed by atoms with Crippen LogP contribution in [0.5, 0.6) is 0 Å². The summed E-state index contributed by atoms with van der Waals surface area (Å²) in [4.78, 5) is 16.8. The molecule has 176 valence electrons. The zero-order chi connectivity index (χ0) is 22.1. The van der Waals surface area contributed by atoms with Gasteiger partial charge in [-0.1, -0.05) is 31.0 Å². The van der Waals surface area contributed by atoms with Gasteiger partial charge < -0.3 is 16.0 Å². The van der Waals surface area contributed by atoms with Crippen LogP contribution >= 0.6 is 24.0 Å². The van der Waals surface area contributed by atoms with E-state index in [9.17, 15) is 4.79 Å². The molecule has 32 heavy (non-hydrogen) atoms. The maximum absolute atomic E-state index is 12.1. The largest absolute Gasteiger partial charge is 0.357 e. The molecule has 0 unspecified atom stereocenters. The fraction of sp³-hybridized carbons (Fsp3) is 0.542.